The van der Waals surface area contributed by atoms with E-state index in [0.29, 0.717) is 5.69 Å². The normalized spacial score (nSPS) is 10.7. The number of phenols is 1. The third kappa shape index (κ3) is 3.83. The SMILES string of the molecule is CCc1nc(SCC(=O)Nc2cccc(O)c2)c2ccccc2n1. The van der Waals surface area contributed by atoms with Gasteiger partial charge in [-0.2, -0.15) is 0 Å². The first kappa shape index (κ1) is 16.3. The number of benzene rings is 2. The molecule has 0 aliphatic heterocycles. The lowest BCUT2D eigenvalue weighted by atomic mass is 10.2. The molecule has 1 aromatic heterocycles. The van der Waals surface area contributed by atoms with Crippen LogP contribution in [0.2, 0.25) is 0 Å². The number of amides is 1. The van der Waals surface area contributed by atoms with Crippen LogP contribution in [-0.4, -0.2) is 26.7 Å². The van der Waals surface area contributed by atoms with Crippen molar-refractivity contribution in [1.29, 1.82) is 0 Å². The van der Waals surface area contributed by atoms with E-state index < -0.39 is 0 Å². The Hall–Kier alpha value is -2.60. The Bertz CT molecular complexity index is 883. The second kappa shape index (κ2) is 7.31. The van der Waals surface area contributed by atoms with Gasteiger partial charge in [0, 0.05) is 23.6 Å². The summed E-state index contributed by atoms with van der Waals surface area (Å²) in [4.78, 5) is 21.2. The van der Waals surface area contributed by atoms with Crippen LogP contribution in [0.5, 0.6) is 5.75 Å². The highest BCUT2D eigenvalue weighted by atomic mass is 32.2. The molecule has 0 atom stereocenters. The maximum absolute atomic E-state index is 12.1. The zero-order chi connectivity index (χ0) is 16.9. The first-order valence-corrected chi connectivity index (χ1v) is 8.61. The molecule has 6 heteroatoms. The summed E-state index contributed by atoms with van der Waals surface area (Å²) in [6, 6.07) is 14.3. The smallest absolute Gasteiger partial charge is 0.234 e. The van der Waals surface area contributed by atoms with Crippen molar-refractivity contribution in [3.63, 3.8) is 0 Å². The minimum absolute atomic E-state index is 0.120. The van der Waals surface area contributed by atoms with Gasteiger partial charge in [-0.1, -0.05) is 43.0 Å². The van der Waals surface area contributed by atoms with Crippen molar-refractivity contribution < 1.29 is 9.90 Å². The number of hydrogen-bond donors (Lipinski definition) is 2. The number of carbonyl (C=O) groups is 1. The summed E-state index contributed by atoms with van der Waals surface area (Å²) >= 11 is 1.39. The van der Waals surface area contributed by atoms with Gasteiger partial charge >= 0.3 is 0 Å². The molecule has 0 unspecified atom stereocenters. The van der Waals surface area contributed by atoms with Crippen LogP contribution in [0.3, 0.4) is 0 Å². The quantitative estimate of drug-likeness (QED) is 0.548. The molecular formula is C18H17N3O2S. The Kier molecular flexibility index (Phi) is 4.96. The lowest BCUT2D eigenvalue weighted by Gasteiger charge is -2.08. The zero-order valence-electron chi connectivity index (χ0n) is 13.2. The van der Waals surface area contributed by atoms with Gasteiger partial charge in [-0.05, 0) is 18.2 Å². The van der Waals surface area contributed by atoms with Crippen LogP contribution >= 0.6 is 11.8 Å². The predicted octanol–water partition coefficient (Wildman–Crippen LogP) is 3.63. The van der Waals surface area contributed by atoms with Crippen molar-refractivity contribution >= 4 is 34.3 Å². The molecule has 0 saturated heterocycles. The van der Waals surface area contributed by atoms with Gasteiger partial charge in [0.2, 0.25) is 5.91 Å². The number of aromatic hydroxyl groups is 1. The summed E-state index contributed by atoms with van der Waals surface area (Å²) in [6.45, 7) is 2.01. The number of para-hydroxylation sites is 1. The van der Waals surface area contributed by atoms with Gasteiger partial charge in [0.05, 0.1) is 11.3 Å². The molecule has 122 valence electrons. The summed E-state index contributed by atoms with van der Waals surface area (Å²) in [5.41, 5.74) is 1.46. The van der Waals surface area contributed by atoms with Crippen LogP contribution < -0.4 is 5.32 Å². The number of nitrogens with zero attached hydrogens (tertiary/aromatic N) is 2. The minimum atomic E-state index is -0.147. The Morgan fingerprint density at radius 1 is 1.17 bits per heavy atom. The van der Waals surface area contributed by atoms with Crippen molar-refractivity contribution in [2.24, 2.45) is 0 Å². The second-order valence-corrected chi connectivity index (χ2v) is 6.17. The summed E-state index contributed by atoms with van der Waals surface area (Å²) in [5.74, 6) is 0.977. The molecule has 2 N–H and O–H groups in total. The fourth-order valence-electron chi connectivity index (χ4n) is 2.28. The first-order chi connectivity index (χ1) is 11.7. The number of nitrogens with one attached hydrogen (secondary N) is 1. The number of carbonyl (C=O) groups excluding carboxylic acids is 1. The van der Waals surface area contributed by atoms with Crippen molar-refractivity contribution in [1.82, 2.24) is 9.97 Å². The monoisotopic (exact) mass is 339 g/mol. The molecule has 0 saturated carbocycles. The van der Waals surface area contributed by atoms with E-state index in [-0.39, 0.29) is 17.4 Å². The summed E-state index contributed by atoms with van der Waals surface area (Å²) in [6.07, 6.45) is 0.744. The lowest BCUT2D eigenvalue weighted by molar-refractivity contribution is -0.113. The third-order valence-electron chi connectivity index (χ3n) is 3.40. The van der Waals surface area contributed by atoms with E-state index in [1.807, 2.05) is 31.2 Å². The molecule has 0 spiro atoms. The van der Waals surface area contributed by atoms with Gasteiger partial charge in [0.25, 0.3) is 0 Å². The number of phenolic OH excluding ortho intramolecular Hbond substituents is 1. The summed E-state index contributed by atoms with van der Waals surface area (Å²) in [7, 11) is 0. The average molecular weight is 339 g/mol. The lowest BCUT2D eigenvalue weighted by Crippen LogP contribution is -2.14. The van der Waals surface area contributed by atoms with Gasteiger partial charge in [-0.15, -0.1) is 0 Å². The number of aryl methyl sites for hydroxylation is 1. The summed E-state index contributed by atoms with van der Waals surface area (Å²) in [5, 5.41) is 14.0. The molecule has 3 aromatic rings. The molecule has 3 rings (SSSR count). The van der Waals surface area contributed by atoms with Crippen molar-refractivity contribution in [3.05, 3.63) is 54.4 Å². The molecule has 0 bridgehead atoms. The van der Waals surface area contributed by atoms with E-state index in [1.54, 1.807) is 18.2 Å². The Morgan fingerprint density at radius 3 is 2.79 bits per heavy atom. The maximum atomic E-state index is 12.1. The summed E-state index contributed by atoms with van der Waals surface area (Å²) < 4.78 is 0. The minimum Gasteiger partial charge on any atom is -0.508 e. The number of thioether (sulfide) groups is 1. The number of hydrogen-bond acceptors (Lipinski definition) is 5. The van der Waals surface area contributed by atoms with Crippen LogP contribution in [0.25, 0.3) is 10.9 Å². The van der Waals surface area contributed by atoms with Gasteiger partial charge in [0.15, 0.2) is 0 Å². The van der Waals surface area contributed by atoms with Crippen LogP contribution in [0.15, 0.2) is 53.6 Å². The second-order valence-electron chi connectivity index (χ2n) is 5.20. The van der Waals surface area contributed by atoms with Gasteiger partial charge in [-0.3, -0.25) is 4.79 Å². The van der Waals surface area contributed by atoms with E-state index in [2.05, 4.69) is 15.3 Å². The molecule has 24 heavy (non-hydrogen) atoms. The maximum Gasteiger partial charge on any atom is 0.234 e. The molecule has 1 amide bonds. The molecule has 0 fully saturated rings. The fraction of sp³-hybridized carbons (Fsp3) is 0.167. The van der Waals surface area contributed by atoms with E-state index in [0.717, 1.165) is 28.2 Å². The van der Waals surface area contributed by atoms with Crippen LogP contribution in [-0.2, 0) is 11.2 Å². The van der Waals surface area contributed by atoms with Crippen LogP contribution in [0, 0.1) is 0 Å². The van der Waals surface area contributed by atoms with Gasteiger partial charge in [0.1, 0.15) is 16.6 Å². The average Bonchev–Trinajstić information content (AvgIpc) is 2.59. The van der Waals surface area contributed by atoms with Gasteiger partial charge < -0.3 is 10.4 Å². The Labute approximate surface area is 144 Å². The standard InChI is InChI=1S/C18H17N3O2S/c1-2-16-20-15-9-4-3-8-14(15)18(21-16)24-11-17(23)19-12-6-5-7-13(22)10-12/h3-10,22H,2,11H2,1H3,(H,19,23). The molecule has 5 nitrogen and oxygen atoms in total. The first-order valence-electron chi connectivity index (χ1n) is 7.63. The van der Waals surface area contributed by atoms with Gasteiger partial charge in [-0.25, -0.2) is 9.97 Å². The van der Waals surface area contributed by atoms with Crippen LogP contribution in [0.1, 0.15) is 12.7 Å². The van der Waals surface area contributed by atoms with Crippen molar-refractivity contribution in [3.8, 4) is 5.75 Å². The van der Waals surface area contributed by atoms with E-state index in [4.69, 9.17) is 0 Å². The number of fused-ring (bicyclic) bond motifs is 1. The van der Waals surface area contributed by atoms with Crippen LogP contribution in [0.4, 0.5) is 5.69 Å². The number of rotatable bonds is 5. The molecule has 0 aliphatic rings. The highest BCUT2D eigenvalue weighted by Gasteiger charge is 2.10. The molecular weight excluding hydrogens is 322 g/mol. The Balaban J connectivity index is 1.74. The van der Waals surface area contributed by atoms with E-state index >= 15 is 0 Å². The largest absolute Gasteiger partial charge is 0.508 e. The predicted molar refractivity (Wildman–Crippen MR) is 96.4 cm³/mol. The van der Waals surface area contributed by atoms with E-state index in [1.165, 1.54) is 17.8 Å². The topological polar surface area (TPSA) is 75.1 Å². The van der Waals surface area contributed by atoms with Crippen molar-refractivity contribution in [2.45, 2.75) is 18.4 Å². The van der Waals surface area contributed by atoms with Crippen molar-refractivity contribution in [2.75, 3.05) is 11.1 Å². The highest BCUT2D eigenvalue weighted by Crippen LogP contribution is 2.25. The Morgan fingerprint density at radius 2 is 2.00 bits per heavy atom. The zero-order valence-corrected chi connectivity index (χ0v) is 14.0. The molecule has 0 radical (unpaired) electrons. The third-order valence-corrected chi connectivity index (χ3v) is 4.39. The van der Waals surface area contributed by atoms with E-state index in [9.17, 15) is 9.90 Å². The number of aromatic nitrogens is 2. The molecule has 2 aromatic carbocycles. The number of anilines is 1. The highest BCUT2D eigenvalue weighted by molar-refractivity contribution is 8.00. The molecule has 1 heterocycles. The molecule has 0 aliphatic carbocycles. The fourth-order valence-corrected chi connectivity index (χ4v) is 3.11.